The summed E-state index contributed by atoms with van der Waals surface area (Å²) >= 11 is 0. The Hall–Kier alpha value is -2.21. The maximum atomic E-state index is 5.86. The molecule has 0 radical (unpaired) electrons. The Labute approximate surface area is 124 Å². The first-order chi connectivity index (χ1) is 10.1. The van der Waals surface area contributed by atoms with Crippen molar-refractivity contribution in [1.82, 2.24) is 15.0 Å². The van der Waals surface area contributed by atoms with Crippen molar-refractivity contribution >= 4 is 11.9 Å². The number of nitrogens with two attached hydrogens (primary N) is 1. The molecule has 2 aromatic rings. The van der Waals surface area contributed by atoms with Crippen LogP contribution in [0.4, 0.5) is 11.9 Å². The van der Waals surface area contributed by atoms with E-state index in [-0.39, 0.29) is 5.95 Å². The van der Waals surface area contributed by atoms with Gasteiger partial charge in [0.1, 0.15) is 0 Å². The van der Waals surface area contributed by atoms with Crippen molar-refractivity contribution in [2.75, 3.05) is 36.9 Å². The van der Waals surface area contributed by atoms with Gasteiger partial charge in [0.15, 0.2) is 5.82 Å². The number of ether oxygens (including phenoxy) is 1. The number of nitrogen functional groups attached to an aromatic ring is 1. The lowest BCUT2D eigenvalue weighted by Gasteiger charge is -2.26. The Balaban J connectivity index is 2.00. The predicted molar refractivity (Wildman–Crippen MR) is 82.2 cm³/mol. The highest BCUT2D eigenvalue weighted by molar-refractivity contribution is 5.62. The summed E-state index contributed by atoms with van der Waals surface area (Å²) in [6.07, 6.45) is 0. The van der Waals surface area contributed by atoms with Gasteiger partial charge in [-0.3, -0.25) is 0 Å². The third-order valence-electron chi connectivity index (χ3n) is 3.56. The Morgan fingerprint density at radius 2 is 1.86 bits per heavy atom. The Bertz CT molecular complexity index is 653. The number of nitrogens with zero attached hydrogens (tertiary/aromatic N) is 4. The van der Waals surface area contributed by atoms with Gasteiger partial charge in [0.05, 0.1) is 13.2 Å². The van der Waals surface area contributed by atoms with Gasteiger partial charge in [0.25, 0.3) is 0 Å². The van der Waals surface area contributed by atoms with Crippen molar-refractivity contribution in [3.8, 4) is 11.4 Å². The zero-order valence-electron chi connectivity index (χ0n) is 12.3. The molecule has 0 spiro atoms. The third-order valence-corrected chi connectivity index (χ3v) is 3.56. The van der Waals surface area contributed by atoms with Crippen LogP contribution in [0.15, 0.2) is 18.2 Å². The van der Waals surface area contributed by atoms with E-state index in [4.69, 9.17) is 10.5 Å². The van der Waals surface area contributed by atoms with Crippen LogP contribution in [0.5, 0.6) is 0 Å². The summed E-state index contributed by atoms with van der Waals surface area (Å²) in [5.41, 5.74) is 9.20. The molecule has 1 aliphatic heterocycles. The van der Waals surface area contributed by atoms with Crippen LogP contribution < -0.4 is 10.6 Å². The van der Waals surface area contributed by atoms with E-state index in [0.29, 0.717) is 25.0 Å². The number of rotatable bonds is 2. The molecule has 0 aliphatic carbocycles. The maximum absolute atomic E-state index is 5.86. The van der Waals surface area contributed by atoms with Crippen LogP contribution >= 0.6 is 0 Å². The lowest BCUT2D eigenvalue weighted by molar-refractivity contribution is 0.122. The first-order valence-electron chi connectivity index (χ1n) is 7.05. The van der Waals surface area contributed by atoms with Gasteiger partial charge in [-0.15, -0.1) is 0 Å². The third kappa shape index (κ3) is 2.95. The molecule has 6 heteroatoms. The molecule has 0 unspecified atom stereocenters. The largest absolute Gasteiger partial charge is 0.378 e. The average molecular weight is 285 g/mol. The van der Waals surface area contributed by atoms with Gasteiger partial charge in [-0.2, -0.15) is 15.0 Å². The predicted octanol–water partition coefficient (Wildman–Crippen LogP) is 1.57. The quantitative estimate of drug-likeness (QED) is 0.902. The molecule has 0 bridgehead atoms. The van der Waals surface area contributed by atoms with Gasteiger partial charge in [0.2, 0.25) is 11.9 Å². The van der Waals surface area contributed by atoms with Crippen LogP contribution in [0, 0.1) is 13.8 Å². The molecule has 2 heterocycles. The topological polar surface area (TPSA) is 77.2 Å². The summed E-state index contributed by atoms with van der Waals surface area (Å²) < 4.78 is 5.35. The molecule has 6 nitrogen and oxygen atoms in total. The highest BCUT2D eigenvalue weighted by Gasteiger charge is 2.17. The standard InChI is InChI=1S/C15H19N5O/c1-10-3-4-12(11(2)9-10)13-17-14(16)19-15(18-13)20-5-7-21-8-6-20/h3-4,9H,5-8H2,1-2H3,(H2,16,17,18,19). The molecule has 0 saturated carbocycles. The number of benzene rings is 1. The highest BCUT2D eigenvalue weighted by Crippen LogP contribution is 2.23. The summed E-state index contributed by atoms with van der Waals surface area (Å²) in [6.45, 7) is 7.04. The van der Waals surface area contributed by atoms with Crippen LogP contribution in [0.2, 0.25) is 0 Å². The molecular formula is C15H19N5O. The van der Waals surface area contributed by atoms with Crippen molar-refractivity contribution in [1.29, 1.82) is 0 Å². The minimum atomic E-state index is 0.251. The van der Waals surface area contributed by atoms with Gasteiger partial charge in [-0.1, -0.05) is 23.8 Å². The molecule has 1 aromatic carbocycles. The van der Waals surface area contributed by atoms with Crippen LogP contribution in [-0.2, 0) is 4.74 Å². The van der Waals surface area contributed by atoms with Gasteiger partial charge in [-0.25, -0.2) is 0 Å². The molecule has 110 valence electrons. The zero-order chi connectivity index (χ0) is 14.8. The van der Waals surface area contributed by atoms with Crippen LogP contribution in [0.25, 0.3) is 11.4 Å². The fourth-order valence-electron chi connectivity index (χ4n) is 2.47. The molecule has 3 rings (SSSR count). The number of hydrogen-bond acceptors (Lipinski definition) is 6. The van der Waals surface area contributed by atoms with Crippen molar-refractivity contribution in [3.05, 3.63) is 29.3 Å². The minimum Gasteiger partial charge on any atom is -0.378 e. The summed E-state index contributed by atoms with van der Waals surface area (Å²) in [7, 11) is 0. The molecule has 2 N–H and O–H groups in total. The fraction of sp³-hybridized carbons (Fsp3) is 0.400. The monoisotopic (exact) mass is 285 g/mol. The number of morpholine rings is 1. The van der Waals surface area contributed by atoms with Crippen molar-refractivity contribution < 1.29 is 4.74 Å². The summed E-state index contributed by atoms with van der Waals surface area (Å²) in [6, 6.07) is 6.20. The lowest BCUT2D eigenvalue weighted by Crippen LogP contribution is -2.37. The van der Waals surface area contributed by atoms with Gasteiger partial charge >= 0.3 is 0 Å². The molecule has 0 atom stereocenters. The van der Waals surface area contributed by atoms with E-state index in [2.05, 4.69) is 45.8 Å². The molecule has 21 heavy (non-hydrogen) atoms. The second-order valence-electron chi connectivity index (χ2n) is 5.24. The van der Waals surface area contributed by atoms with E-state index < -0.39 is 0 Å². The van der Waals surface area contributed by atoms with Crippen molar-refractivity contribution in [2.24, 2.45) is 0 Å². The van der Waals surface area contributed by atoms with Crippen molar-refractivity contribution in [3.63, 3.8) is 0 Å². The average Bonchev–Trinajstić information content (AvgIpc) is 2.47. The lowest BCUT2D eigenvalue weighted by atomic mass is 10.1. The summed E-state index contributed by atoms with van der Waals surface area (Å²) in [4.78, 5) is 15.2. The molecule has 1 saturated heterocycles. The zero-order valence-corrected chi connectivity index (χ0v) is 12.3. The number of hydrogen-bond donors (Lipinski definition) is 1. The van der Waals surface area contributed by atoms with E-state index >= 15 is 0 Å². The highest BCUT2D eigenvalue weighted by atomic mass is 16.5. The fourth-order valence-corrected chi connectivity index (χ4v) is 2.47. The first kappa shape index (κ1) is 13.8. The number of anilines is 2. The van der Waals surface area contributed by atoms with Crippen LogP contribution in [-0.4, -0.2) is 41.3 Å². The molecule has 1 fully saturated rings. The molecular weight excluding hydrogens is 266 g/mol. The minimum absolute atomic E-state index is 0.251. The SMILES string of the molecule is Cc1ccc(-c2nc(N)nc(N3CCOCC3)n2)c(C)c1. The van der Waals surface area contributed by atoms with E-state index in [1.807, 2.05) is 6.07 Å². The Morgan fingerprint density at radius 1 is 1.10 bits per heavy atom. The van der Waals surface area contributed by atoms with Gasteiger partial charge in [-0.05, 0) is 19.4 Å². The smallest absolute Gasteiger partial charge is 0.230 e. The second kappa shape index (κ2) is 5.65. The summed E-state index contributed by atoms with van der Waals surface area (Å²) in [5.74, 6) is 1.50. The number of aromatic nitrogens is 3. The maximum Gasteiger partial charge on any atom is 0.230 e. The van der Waals surface area contributed by atoms with Gasteiger partial charge < -0.3 is 15.4 Å². The number of aryl methyl sites for hydroxylation is 2. The molecule has 0 amide bonds. The molecule has 1 aliphatic rings. The normalized spacial score (nSPS) is 15.2. The second-order valence-corrected chi connectivity index (χ2v) is 5.24. The van der Waals surface area contributed by atoms with E-state index in [0.717, 1.165) is 24.2 Å². The Kier molecular flexibility index (Phi) is 3.70. The molecule has 1 aromatic heterocycles. The first-order valence-corrected chi connectivity index (χ1v) is 7.05. The van der Waals surface area contributed by atoms with Crippen molar-refractivity contribution in [2.45, 2.75) is 13.8 Å². The van der Waals surface area contributed by atoms with Crippen LogP contribution in [0.1, 0.15) is 11.1 Å². The van der Waals surface area contributed by atoms with E-state index in [1.54, 1.807) is 0 Å². The van der Waals surface area contributed by atoms with E-state index in [9.17, 15) is 0 Å². The van der Waals surface area contributed by atoms with E-state index in [1.165, 1.54) is 5.56 Å². The summed E-state index contributed by atoms with van der Waals surface area (Å²) in [5, 5.41) is 0. The Morgan fingerprint density at radius 3 is 2.57 bits per heavy atom. The van der Waals surface area contributed by atoms with Gasteiger partial charge in [0, 0.05) is 18.7 Å². The van der Waals surface area contributed by atoms with Crippen LogP contribution in [0.3, 0.4) is 0 Å².